The Morgan fingerprint density at radius 2 is 2.20 bits per heavy atom. The molecule has 3 heterocycles. The van der Waals surface area contributed by atoms with Gasteiger partial charge in [-0.25, -0.2) is 0 Å². The van der Waals surface area contributed by atoms with Crippen LogP contribution in [0.15, 0.2) is 33.2 Å². The molecule has 7 nitrogen and oxygen atoms in total. The number of anilines is 1. The van der Waals surface area contributed by atoms with E-state index in [1.54, 1.807) is 13.8 Å². The first-order chi connectivity index (χ1) is 12.1. The van der Waals surface area contributed by atoms with E-state index in [1.165, 1.54) is 0 Å². The van der Waals surface area contributed by atoms with Gasteiger partial charge in [-0.05, 0) is 38.8 Å². The lowest BCUT2D eigenvalue weighted by atomic mass is 10.1. The van der Waals surface area contributed by atoms with E-state index >= 15 is 0 Å². The molecule has 2 aromatic heterocycles. The molecule has 4 rings (SSSR count). The Bertz CT molecular complexity index is 862. The average molecular weight is 340 g/mol. The zero-order valence-electron chi connectivity index (χ0n) is 14.3. The molecule has 7 heteroatoms. The minimum absolute atomic E-state index is 0.152. The van der Waals surface area contributed by atoms with Crippen molar-refractivity contribution in [2.24, 2.45) is 0 Å². The molecule has 1 amide bonds. The Morgan fingerprint density at radius 1 is 1.36 bits per heavy atom. The number of nitrogens with zero attached hydrogens (tertiary/aromatic N) is 3. The average Bonchev–Trinajstić information content (AvgIpc) is 3.30. The molecular weight excluding hydrogens is 320 g/mol. The van der Waals surface area contributed by atoms with Gasteiger partial charge in [-0.2, -0.15) is 4.98 Å². The third kappa shape index (κ3) is 2.86. The Balaban J connectivity index is 1.47. The van der Waals surface area contributed by atoms with Crippen LogP contribution in [0.25, 0.3) is 11.1 Å². The molecule has 1 atom stereocenters. The molecular formula is C18H20N4O3. The second kappa shape index (κ2) is 6.23. The van der Waals surface area contributed by atoms with Crippen molar-refractivity contribution >= 4 is 23.0 Å². The van der Waals surface area contributed by atoms with Crippen LogP contribution in [-0.4, -0.2) is 35.2 Å². The summed E-state index contributed by atoms with van der Waals surface area (Å²) in [6.07, 6.45) is 2.03. The molecule has 1 saturated heterocycles. The van der Waals surface area contributed by atoms with Crippen LogP contribution in [0, 0.1) is 13.8 Å². The Morgan fingerprint density at radius 3 is 2.96 bits per heavy atom. The van der Waals surface area contributed by atoms with Crippen molar-refractivity contribution < 1.29 is 13.7 Å². The molecule has 25 heavy (non-hydrogen) atoms. The van der Waals surface area contributed by atoms with Gasteiger partial charge >= 0.3 is 0 Å². The molecule has 1 unspecified atom stereocenters. The van der Waals surface area contributed by atoms with Gasteiger partial charge in [0, 0.05) is 13.1 Å². The molecule has 1 aromatic carbocycles. The molecule has 0 aliphatic carbocycles. The Hall–Kier alpha value is -2.83. The molecule has 1 N–H and O–H groups in total. The van der Waals surface area contributed by atoms with Crippen LogP contribution >= 0.6 is 0 Å². The molecule has 0 radical (unpaired) electrons. The maximum Gasteiger partial charge on any atom is 0.298 e. The summed E-state index contributed by atoms with van der Waals surface area (Å²) in [6.45, 7) is 4.92. The second-order valence-corrected chi connectivity index (χ2v) is 6.36. The van der Waals surface area contributed by atoms with Gasteiger partial charge in [0.25, 0.3) is 11.9 Å². The van der Waals surface area contributed by atoms with Crippen molar-refractivity contribution in [2.75, 3.05) is 18.0 Å². The van der Waals surface area contributed by atoms with Crippen molar-refractivity contribution in [1.29, 1.82) is 0 Å². The summed E-state index contributed by atoms with van der Waals surface area (Å²) >= 11 is 0. The third-order valence-electron chi connectivity index (χ3n) is 4.66. The molecule has 1 aliphatic heterocycles. The first-order valence-corrected chi connectivity index (χ1v) is 8.47. The topological polar surface area (TPSA) is 84.4 Å². The number of aryl methyl sites for hydroxylation is 2. The minimum atomic E-state index is -0.152. The number of benzene rings is 1. The number of hydrogen-bond donors (Lipinski definition) is 1. The number of carbonyl (C=O) groups is 1. The van der Waals surface area contributed by atoms with Gasteiger partial charge in [0.1, 0.15) is 16.8 Å². The maximum atomic E-state index is 12.4. The molecule has 1 fully saturated rings. The summed E-state index contributed by atoms with van der Waals surface area (Å²) in [5.41, 5.74) is 2.76. The Labute approximate surface area is 145 Å². The fourth-order valence-electron chi connectivity index (χ4n) is 3.39. The lowest BCUT2D eigenvalue weighted by molar-refractivity contribution is 0.0949. The van der Waals surface area contributed by atoms with Crippen LogP contribution in [0.3, 0.4) is 0 Å². The predicted molar refractivity (Wildman–Crippen MR) is 92.7 cm³/mol. The van der Waals surface area contributed by atoms with E-state index in [1.807, 2.05) is 24.3 Å². The highest BCUT2D eigenvalue weighted by Crippen LogP contribution is 2.28. The van der Waals surface area contributed by atoms with E-state index in [2.05, 4.69) is 20.4 Å². The minimum Gasteiger partial charge on any atom is -0.423 e. The summed E-state index contributed by atoms with van der Waals surface area (Å²) in [5, 5.41) is 6.82. The quantitative estimate of drug-likeness (QED) is 0.786. The zero-order chi connectivity index (χ0) is 17.4. The lowest BCUT2D eigenvalue weighted by Crippen LogP contribution is -2.40. The van der Waals surface area contributed by atoms with Crippen LogP contribution < -0.4 is 10.2 Å². The largest absolute Gasteiger partial charge is 0.423 e. The number of oxazole rings is 1. The molecule has 0 bridgehead atoms. The fraction of sp³-hybridized carbons (Fsp3) is 0.389. The van der Waals surface area contributed by atoms with Crippen molar-refractivity contribution in [1.82, 2.24) is 15.5 Å². The molecule has 0 spiro atoms. The van der Waals surface area contributed by atoms with E-state index in [0.717, 1.165) is 30.5 Å². The predicted octanol–water partition coefficient (Wildman–Crippen LogP) is 2.83. The fourth-order valence-corrected chi connectivity index (χ4v) is 3.39. The van der Waals surface area contributed by atoms with Crippen LogP contribution in [0.5, 0.6) is 0 Å². The van der Waals surface area contributed by atoms with Gasteiger partial charge in [0.05, 0.1) is 11.7 Å². The van der Waals surface area contributed by atoms with Crippen LogP contribution in [-0.2, 0) is 0 Å². The maximum absolute atomic E-state index is 12.4. The lowest BCUT2D eigenvalue weighted by Gasteiger charge is -2.23. The van der Waals surface area contributed by atoms with Gasteiger partial charge < -0.3 is 19.2 Å². The van der Waals surface area contributed by atoms with Gasteiger partial charge in [-0.15, -0.1) is 0 Å². The van der Waals surface area contributed by atoms with E-state index in [9.17, 15) is 4.79 Å². The SMILES string of the molecule is Cc1noc(C)c1C(=O)NCC1CCCN1c1nc2ccccc2o1. The van der Waals surface area contributed by atoms with Crippen LogP contribution in [0.2, 0.25) is 0 Å². The molecule has 130 valence electrons. The first kappa shape index (κ1) is 15.7. The van der Waals surface area contributed by atoms with Gasteiger partial charge in [0.15, 0.2) is 5.58 Å². The van der Waals surface area contributed by atoms with Crippen molar-refractivity contribution in [3.8, 4) is 0 Å². The monoisotopic (exact) mass is 340 g/mol. The number of fused-ring (bicyclic) bond motifs is 1. The first-order valence-electron chi connectivity index (χ1n) is 8.47. The van der Waals surface area contributed by atoms with Gasteiger partial charge in [0.2, 0.25) is 0 Å². The summed E-state index contributed by atoms with van der Waals surface area (Å²) in [5.74, 6) is 0.387. The number of carbonyl (C=O) groups excluding carboxylic acids is 1. The number of amides is 1. The van der Waals surface area contributed by atoms with E-state index in [0.29, 0.717) is 29.6 Å². The normalized spacial score (nSPS) is 17.4. The number of para-hydroxylation sites is 2. The molecule has 3 aromatic rings. The standard InChI is InChI=1S/C18H20N4O3/c1-11-16(12(2)25-21-11)17(23)19-10-13-6-5-9-22(13)18-20-14-7-3-4-8-15(14)24-18/h3-4,7-8,13H,5-6,9-10H2,1-2H3,(H,19,23). The smallest absolute Gasteiger partial charge is 0.298 e. The number of aromatic nitrogens is 2. The second-order valence-electron chi connectivity index (χ2n) is 6.36. The van der Waals surface area contributed by atoms with Crippen LogP contribution in [0.1, 0.15) is 34.7 Å². The van der Waals surface area contributed by atoms with Crippen LogP contribution in [0.4, 0.5) is 6.01 Å². The summed E-state index contributed by atoms with van der Waals surface area (Å²) in [6, 6.07) is 8.51. The highest BCUT2D eigenvalue weighted by Gasteiger charge is 2.29. The zero-order valence-corrected chi connectivity index (χ0v) is 14.3. The van der Waals surface area contributed by atoms with Crippen molar-refractivity contribution in [3.05, 3.63) is 41.3 Å². The number of hydrogen-bond acceptors (Lipinski definition) is 6. The van der Waals surface area contributed by atoms with Gasteiger partial charge in [-0.3, -0.25) is 4.79 Å². The number of nitrogens with one attached hydrogen (secondary N) is 1. The summed E-state index contributed by atoms with van der Waals surface area (Å²) in [4.78, 5) is 19.1. The van der Waals surface area contributed by atoms with E-state index in [4.69, 9.17) is 8.94 Å². The van der Waals surface area contributed by atoms with Gasteiger partial charge in [-0.1, -0.05) is 17.3 Å². The highest BCUT2D eigenvalue weighted by molar-refractivity contribution is 5.96. The van der Waals surface area contributed by atoms with Crippen molar-refractivity contribution in [2.45, 2.75) is 32.7 Å². The molecule has 1 aliphatic rings. The summed E-state index contributed by atoms with van der Waals surface area (Å²) < 4.78 is 10.9. The third-order valence-corrected chi connectivity index (χ3v) is 4.66. The summed E-state index contributed by atoms with van der Waals surface area (Å²) in [7, 11) is 0. The van der Waals surface area contributed by atoms with E-state index in [-0.39, 0.29) is 11.9 Å². The van der Waals surface area contributed by atoms with E-state index < -0.39 is 0 Å². The number of rotatable bonds is 4. The van der Waals surface area contributed by atoms with Crippen molar-refractivity contribution in [3.63, 3.8) is 0 Å². The highest BCUT2D eigenvalue weighted by atomic mass is 16.5. The Kier molecular flexibility index (Phi) is 3.91. The molecule has 0 saturated carbocycles.